The van der Waals surface area contributed by atoms with Crippen LogP contribution in [0.4, 0.5) is 0 Å². The van der Waals surface area contributed by atoms with Gasteiger partial charge in [0.15, 0.2) is 6.10 Å². The Balaban J connectivity index is 3.26. The molecule has 1 amide bonds. The number of nitrogens with two attached hydrogens (primary N) is 1. The molecule has 0 aromatic heterocycles. The summed E-state index contributed by atoms with van der Waals surface area (Å²) in [4.78, 5) is 22.6. The van der Waals surface area contributed by atoms with E-state index in [1.807, 2.05) is 0 Å². The van der Waals surface area contributed by atoms with Gasteiger partial charge in [-0.05, 0) is 12.8 Å². The van der Waals surface area contributed by atoms with Gasteiger partial charge in [0.05, 0.1) is 0 Å². The van der Waals surface area contributed by atoms with Crippen molar-refractivity contribution in [3.63, 3.8) is 0 Å². The van der Waals surface area contributed by atoms with Gasteiger partial charge in [0.25, 0.3) is 5.91 Å². The summed E-state index contributed by atoms with van der Waals surface area (Å²) in [6.07, 6.45) is 19.6. The van der Waals surface area contributed by atoms with E-state index in [2.05, 4.69) is 6.92 Å². The molecule has 0 aromatic carbocycles. The Morgan fingerprint density at radius 1 is 0.692 bits per heavy atom. The Morgan fingerprint density at radius 3 is 1.42 bits per heavy atom. The largest absolute Gasteiger partial charge is 0.452 e. The molecule has 0 aliphatic rings. The maximum Gasteiger partial charge on any atom is 0.306 e. The quantitative estimate of drug-likeness (QED) is 0.222. The smallest absolute Gasteiger partial charge is 0.306 e. The monoisotopic (exact) mass is 369 g/mol. The highest BCUT2D eigenvalue weighted by Gasteiger charge is 2.17. The molecule has 26 heavy (non-hydrogen) atoms. The van der Waals surface area contributed by atoms with E-state index in [9.17, 15) is 9.59 Å². The lowest BCUT2D eigenvalue weighted by Gasteiger charge is -2.12. The summed E-state index contributed by atoms with van der Waals surface area (Å²) >= 11 is 0. The maximum absolute atomic E-state index is 11.6. The number of unbranched alkanes of at least 4 members (excludes halogenated alkanes) is 14. The minimum Gasteiger partial charge on any atom is -0.452 e. The first kappa shape index (κ1) is 24.9. The van der Waals surface area contributed by atoms with Crippen molar-refractivity contribution in [3.05, 3.63) is 0 Å². The van der Waals surface area contributed by atoms with E-state index < -0.39 is 12.0 Å². The molecule has 0 fully saturated rings. The molecule has 0 rings (SSSR count). The van der Waals surface area contributed by atoms with E-state index in [1.165, 1.54) is 83.5 Å². The molecule has 0 aromatic rings. The van der Waals surface area contributed by atoms with Crippen LogP contribution in [-0.2, 0) is 14.3 Å². The molecule has 0 saturated heterocycles. The number of rotatable bonds is 19. The summed E-state index contributed by atoms with van der Waals surface area (Å²) in [5.41, 5.74) is 5.16. The van der Waals surface area contributed by atoms with Crippen molar-refractivity contribution < 1.29 is 14.3 Å². The van der Waals surface area contributed by atoms with Crippen LogP contribution in [0.3, 0.4) is 0 Å². The molecule has 4 nitrogen and oxygen atoms in total. The van der Waals surface area contributed by atoms with Crippen LogP contribution in [0.5, 0.6) is 0 Å². The van der Waals surface area contributed by atoms with Gasteiger partial charge in [-0.15, -0.1) is 0 Å². The molecule has 154 valence electrons. The molecule has 1 atom stereocenters. The first-order valence-electron chi connectivity index (χ1n) is 11.1. The van der Waals surface area contributed by atoms with E-state index in [0.29, 0.717) is 12.8 Å². The zero-order valence-corrected chi connectivity index (χ0v) is 17.4. The first-order valence-corrected chi connectivity index (χ1v) is 11.1. The minimum atomic E-state index is -0.765. The summed E-state index contributed by atoms with van der Waals surface area (Å²) < 4.78 is 5.07. The van der Waals surface area contributed by atoms with E-state index in [0.717, 1.165) is 12.8 Å². The second-order valence-electron chi connectivity index (χ2n) is 7.49. The lowest BCUT2D eigenvalue weighted by molar-refractivity contribution is -0.155. The van der Waals surface area contributed by atoms with Gasteiger partial charge < -0.3 is 10.5 Å². The molecule has 2 N–H and O–H groups in total. The third-order valence-corrected chi connectivity index (χ3v) is 4.95. The summed E-state index contributed by atoms with van der Waals surface area (Å²) in [6.45, 7) is 4.05. The Kier molecular flexibility index (Phi) is 18.0. The van der Waals surface area contributed by atoms with Gasteiger partial charge in [-0.3, -0.25) is 9.59 Å². The van der Waals surface area contributed by atoms with Crippen LogP contribution < -0.4 is 5.73 Å². The molecular formula is C22H43NO3. The van der Waals surface area contributed by atoms with Crippen molar-refractivity contribution in [1.82, 2.24) is 0 Å². The molecule has 0 heterocycles. The van der Waals surface area contributed by atoms with Gasteiger partial charge in [-0.2, -0.15) is 0 Å². The van der Waals surface area contributed by atoms with Crippen molar-refractivity contribution in [2.75, 3.05) is 0 Å². The molecule has 0 saturated carbocycles. The van der Waals surface area contributed by atoms with Gasteiger partial charge in [-0.25, -0.2) is 0 Å². The predicted octanol–water partition coefficient (Wildman–Crippen LogP) is 6.06. The lowest BCUT2D eigenvalue weighted by atomic mass is 10.0. The molecular weight excluding hydrogens is 326 g/mol. The third kappa shape index (κ3) is 16.4. The highest BCUT2D eigenvalue weighted by atomic mass is 16.5. The number of ether oxygens (including phenoxy) is 1. The second kappa shape index (κ2) is 18.7. The first-order chi connectivity index (χ1) is 12.6. The standard InChI is InChI=1S/C22H43NO3/c1-3-5-6-7-8-9-10-11-12-13-14-15-16-17-18-19-21(24)26-20(4-2)22(23)25/h20H,3-19H2,1-2H3,(H2,23,25). The topological polar surface area (TPSA) is 69.4 Å². The molecule has 0 aliphatic carbocycles. The van der Waals surface area contributed by atoms with Gasteiger partial charge in [0.2, 0.25) is 0 Å². The Morgan fingerprint density at radius 2 is 1.08 bits per heavy atom. The van der Waals surface area contributed by atoms with Crippen molar-refractivity contribution in [3.8, 4) is 0 Å². The lowest BCUT2D eigenvalue weighted by Crippen LogP contribution is -2.32. The maximum atomic E-state index is 11.6. The van der Waals surface area contributed by atoms with E-state index in [-0.39, 0.29) is 5.97 Å². The van der Waals surface area contributed by atoms with Gasteiger partial charge in [-0.1, -0.05) is 104 Å². The van der Waals surface area contributed by atoms with Crippen LogP contribution >= 0.6 is 0 Å². The second-order valence-corrected chi connectivity index (χ2v) is 7.49. The van der Waals surface area contributed by atoms with Crippen molar-refractivity contribution in [2.24, 2.45) is 5.73 Å². The summed E-state index contributed by atoms with van der Waals surface area (Å²) in [7, 11) is 0. The average Bonchev–Trinajstić information content (AvgIpc) is 2.62. The number of primary amides is 1. The van der Waals surface area contributed by atoms with Gasteiger partial charge in [0.1, 0.15) is 0 Å². The van der Waals surface area contributed by atoms with Crippen LogP contribution in [-0.4, -0.2) is 18.0 Å². The van der Waals surface area contributed by atoms with Crippen molar-refractivity contribution in [1.29, 1.82) is 0 Å². The van der Waals surface area contributed by atoms with Crippen LogP contribution in [0.1, 0.15) is 123 Å². The highest BCUT2D eigenvalue weighted by Crippen LogP contribution is 2.14. The van der Waals surface area contributed by atoms with Crippen LogP contribution in [0.2, 0.25) is 0 Å². The molecule has 0 bridgehead atoms. The summed E-state index contributed by atoms with van der Waals surface area (Å²) in [5.74, 6) is -0.859. The van der Waals surface area contributed by atoms with Crippen molar-refractivity contribution >= 4 is 11.9 Å². The van der Waals surface area contributed by atoms with Crippen molar-refractivity contribution in [2.45, 2.75) is 129 Å². The van der Waals surface area contributed by atoms with Crippen LogP contribution in [0.15, 0.2) is 0 Å². The summed E-state index contributed by atoms with van der Waals surface area (Å²) in [5, 5.41) is 0. The van der Waals surface area contributed by atoms with E-state index in [1.54, 1.807) is 6.92 Å². The number of esters is 1. The summed E-state index contributed by atoms with van der Waals surface area (Å²) in [6, 6.07) is 0. The fraction of sp³-hybridized carbons (Fsp3) is 0.909. The Bertz CT molecular complexity index is 344. The average molecular weight is 370 g/mol. The minimum absolute atomic E-state index is 0.301. The van der Waals surface area contributed by atoms with E-state index in [4.69, 9.17) is 10.5 Å². The normalized spacial score (nSPS) is 12.1. The number of hydrogen-bond donors (Lipinski definition) is 1. The predicted molar refractivity (Wildman–Crippen MR) is 109 cm³/mol. The molecule has 0 radical (unpaired) electrons. The fourth-order valence-electron chi connectivity index (χ4n) is 3.20. The number of carbonyl (C=O) groups excluding carboxylic acids is 2. The third-order valence-electron chi connectivity index (χ3n) is 4.95. The van der Waals surface area contributed by atoms with Crippen LogP contribution in [0, 0.1) is 0 Å². The van der Waals surface area contributed by atoms with E-state index >= 15 is 0 Å². The van der Waals surface area contributed by atoms with Crippen LogP contribution in [0.25, 0.3) is 0 Å². The molecule has 1 unspecified atom stereocenters. The molecule has 0 spiro atoms. The van der Waals surface area contributed by atoms with Gasteiger partial charge in [0, 0.05) is 6.42 Å². The number of amides is 1. The number of carbonyl (C=O) groups is 2. The Labute approximate surface area is 161 Å². The SMILES string of the molecule is CCCCCCCCCCCCCCCCCC(=O)OC(CC)C(N)=O. The van der Waals surface area contributed by atoms with Gasteiger partial charge >= 0.3 is 5.97 Å². The fourth-order valence-corrected chi connectivity index (χ4v) is 3.20. The zero-order valence-electron chi connectivity index (χ0n) is 17.4. The highest BCUT2D eigenvalue weighted by molar-refractivity contribution is 5.82. The molecule has 4 heteroatoms. The molecule has 0 aliphatic heterocycles. The number of hydrogen-bond acceptors (Lipinski definition) is 3. The Hall–Kier alpha value is -1.06. The zero-order chi connectivity index (χ0) is 19.5.